The maximum atomic E-state index is 6.38. The summed E-state index contributed by atoms with van der Waals surface area (Å²) >= 11 is 0. The summed E-state index contributed by atoms with van der Waals surface area (Å²) in [6.07, 6.45) is 4.26. The second kappa shape index (κ2) is 10.3. The highest BCUT2D eigenvalue weighted by Gasteiger charge is 2.19. The van der Waals surface area contributed by atoms with Gasteiger partial charge in [-0.15, -0.1) is 0 Å². The zero-order valence-corrected chi connectivity index (χ0v) is 24.2. The van der Waals surface area contributed by atoms with Crippen LogP contribution in [-0.4, -0.2) is 21.5 Å². The molecule has 6 aromatic carbocycles. The van der Waals surface area contributed by atoms with Crippen molar-refractivity contribution in [3.05, 3.63) is 139 Å². The fraction of sp³-hybridized carbons (Fsp3) is 0.0250. The van der Waals surface area contributed by atoms with Crippen molar-refractivity contribution in [3.63, 3.8) is 0 Å². The third-order valence-corrected chi connectivity index (χ3v) is 8.51. The van der Waals surface area contributed by atoms with E-state index in [1.54, 1.807) is 0 Å². The Morgan fingerprint density at radius 2 is 1.24 bits per heavy atom. The van der Waals surface area contributed by atoms with E-state index >= 15 is 0 Å². The third kappa shape index (κ3) is 4.45. The van der Waals surface area contributed by atoms with Crippen molar-refractivity contribution in [2.24, 2.45) is 0 Å². The lowest BCUT2D eigenvalue weighted by atomic mass is 10.0. The van der Waals surface area contributed by atoms with Gasteiger partial charge >= 0.3 is 0 Å². The zero-order chi connectivity index (χ0) is 29.7. The zero-order valence-electron chi connectivity index (χ0n) is 24.2. The number of fused-ring (bicyclic) bond motifs is 5. The molecule has 0 saturated carbocycles. The fourth-order valence-corrected chi connectivity index (χ4v) is 6.25. The first-order chi connectivity index (χ1) is 22.3. The average molecular weight is 579 g/mol. The van der Waals surface area contributed by atoms with E-state index in [-0.39, 0.29) is 0 Å². The maximum absolute atomic E-state index is 6.38. The average Bonchev–Trinajstić information content (AvgIpc) is 3.48. The molecule has 3 heterocycles. The molecule has 0 fully saturated rings. The lowest BCUT2D eigenvalue weighted by molar-refractivity contribution is 0.669. The minimum absolute atomic E-state index is 0.606. The van der Waals surface area contributed by atoms with Crippen molar-refractivity contribution in [1.29, 1.82) is 0 Å². The maximum Gasteiger partial charge on any atom is 0.164 e. The van der Waals surface area contributed by atoms with Gasteiger partial charge in [-0.2, -0.15) is 0 Å². The summed E-state index contributed by atoms with van der Waals surface area (Å²) in [5.41, 5.74) is 8.93. The van der Waals surface area contributed by atoms with Crippen molar-refractivity contribution in [2.45, 2.75) is 0 Å². The molecular formula is C40H26N4O. The molecule has 1 N–H and O–H groups in total. The van der Waals surface area contributed by atoms with E-state index in [2.05, 4.69) is 127 Å². The first kappa shape index (κ1) is 25.4. The normalized spacial score (nSPS) is 12.4. The standard InChI is InChI=1S/C40H26N4O/c1-2-8-25(9-3-1)27-15-18-28(19-16-27)38-42-39(31-20-17-26-10-4-5-11-29(26)22-31)44-40(43-38)32-13-6-14-35-37(32)33-24-34-30(12-7-21-41-34)23-36(33)45-35/h1-20,22-24,41H,21H2. The molecule has 0 saturated heterocycles. The van der Waals surface area contributed by atoms with Crippen LogP contribution in [0.1, 0.15) is 5.56 Å². The largest absolute Gasteiger partial charge is 0.456 e. The van der Waals surface area contributed by atoms with Gasteiger partial charge in [-0.3, -0.25) is 0 Å². The first-order valence-electron chi connectivity index (χ1n) is 15.1. The molecule has 8 aromatic rings. The van der Waals surface area contributed by atoms with E-state index in [9.17, 15) is 0 Å². The van der Waals surface area contributed by atoms with Crippen LogP contribution in [0.25, 0.3) is 84.1 Å². The van der Waals surface area contributed by atoms with Gasteiger partial charge in [0.15, 0.2) is 17.5 Å². The van der Waals surface area contributed by atoms with Crippen LogP contribution < -0.4 is 5.32 Å². The molecule has 0 aliphatic carbocycles. The highest BCUT2D eigenvalue weighted by atomic mass is 16.3. The predicted molar refractivity (Wildman–Crippen MR) is 184 cm³/mol. The summed E-state index contributed by atoms with van der Waals surface area (Å²) in [5.74, 6) is 1.85. The van der Waals surface area contributed by atoms with Gasteiger partial charge in [0.25, 0.3) is 0 Å². The second-order valence-electron chi connectivity index (χ2n) is 11.3. The molecule has 5 nitrogen and oxygen atoms in total. The van der Waals surface area contributed by atoms with Gasteiger partial charge in [0.05, 0.1) is 0 Å². The van der Waals surface area contributed by atoms with Crippen LogP contribution >= 0.6 is 0 Å². The Balaban J connectivity index is 1.25. The highest BCUT2D eigenvalue weighted by Crippen LogP contribution is 2.39. The van der Waals surface area contributed by atoms with Crippen LogP contribution in [0.5, 0.6) is 0 Å². The van der Waals surface area contributed by atoms with Crippen molar-refractivity contribution in [2.75, 3.05) is 11.9 Å². The molecule has 0 spiro atoms. The van der Waals surface area contributed by atoms with Gasteiger partial charge in [-0.1, -0.05) is 115 Å². The van der Waals surface area contributed by atoms with Crippen LogP contribution in [0, 0.1) is 0 Å². The Labute approximate surface area is 259 Å². The van der Waals surface area contributed by atoms with E-state index in [4.69, 9.17) is 19.4 Å². The molecule has 0 bridgehead atoms. The van der Waals surface area contributed by atoms with Gasteiger partial charge in [-0.05, 0) is 46.2 Å². The number of anilines is 1. The SMILES string of the molecule is C1=Cc2cc3oc4cccc(-c5nc(-c6ccc(-c7ccccc7)cc6)nc(-c6ccc7ccccc7c6)n5)c4c3cc2NC1. The fourth-order valence-electron chi connectivity index (χ4n) is 6.25. The second-order valence-corrected chi connectivity index (χ2v) is 11.3. The summed E-state index contributed by atoms with van der Waals surface area (Å²) in [4.78, 5) is 15.2. The Bertz CT molecular complexity index is 2420. The van der Waals surface area contributed by atoms with Gasteiger partial charge in [0.2, 0.25) is 0 Å². The number of benzene rings is 6. The first-order valence-corrected chi connectivity index (χ1v) is 15.1. The number of hydrogen-bond acceptors (Lipinski definition) is 5. The molecule has 5 heteroatoms. The summed E-state index contributed by atoms with van der Waals surface area (Å²) in [6, 6.07) is 43.9. The minimum atomic E-state index is 0.606. The van der Waals surface area contributed by atoms with Gasteiger partial charge in [0.1, 0.15) is 11.2 Å². The molecule has 9 rings (SSSR count). The molecule has 2 aromatic heterocycles. The molecule has 0 radical (unpaired) electrons. The Kier molecular flexibility index (Phi) is 5.81. The van der Waals surface area contributed by atoms with Crippen molar-refractivity contribution < 1.29 is 4.42 Å². The van der Waals surface area contributed by atoms with Crippen LogP contribution in [0.2, 0.25) is 0 Å². The lowest BCUT2D eigenvalue weighted by Gasteiger charge is -2.13. The molecule has 0 amide bonds. The predicted octanol–water partition coefficient (Wildman–Crippen LogP) is 10.0. The molecule has 212 valence electrons. The van der Waals surface area contributed by atoms with Crippen molar-refractivity contribution in [1.82, 2.24) is 15.0 Å². The summed E-state index contributed by atoms with van der Waals surface area (Å²) in [7, 11) is 0. The van der Waals surface area contributed by atoms with Crippen LogP contribution in [0.3, 0.4) is 0 Å². The molecule has 1 aliphatic rings. The van der Waals surface area contributed by atoms with Gasteiger partial charge in [-0.25, -0.2) is 15.0 Å². The van der Waals surface area contributed by atoms with Crippen molar-refractivity contribution >= 4 is 44.5 Å². The Morgan fingerprint density at radius 1 is 0.533 bits per heavy atom. The number of nitrogens with zero attached hydrogens (tertiary/aromatic N) is 3. The van der Waals surface area contributed by atoms with Gasteiger partial charge in [0, 0.05) is 45.3 Å². The number of rotatable bonds is 4. The Morgan fingerprint density at radius 3 is 2.11 bits per heavy atom. The quantitative estimate of drug-likeness (QED) is 0.225. The smallest absolute Gasteiger partial charge is 0.164 e. The van der Waals surface area contributed by atoms with E-state index in [0.717, 1.165) is 67.4 Å². The van der Waals surface area contributed by atoms with E-state index in [0.29, 0.717) is 17.5 Å². The molecule has 45 heavy (non-hydrogen) atoms. The van der Waals surface area contributed by atoms with Crippen LogP contribution in [0.4, 0.5) is 5.69 Å². The Hall–Kier alpha value is -6.07. The number of furan rings is 1. The number of nitrogens with one attached hydrogen (secondary N) is 1. The molecular weight excluding hydrogens is 552 g/mol. The molecule has 0 atom stereocenters. The topological polar surface area (TPSA) is 63.8 Å². The number of aromatic nitrogens is 3. The number of hydrogen-bond donors (Lipinski definition) is 1. The lowest BCUT2D eigenvalue weighted by Crippen LogP contribution is -2.03. The van der Waals surface area contributed by atoms with Crippen LogP contribution in [0.15, 0.2) is 138 Å². The van der Waals surface area contributed by atoms with Crippen LogP contribution in [-0.2, 0) is 0 Å². The van der Waals surface area contributed by atoms with E-state index in [1.165, 1.54) is 10.9 Å². The van der Waals surface area contributed by atoms with Gasteiger partial charge < -0.3 is 9.73 Å². The summed E-state index contributed by atoms with van der Waals surface area (Å²) < 4.78 is 6.38. The van der Waals surface area contributed by atoms with Crippen molar-refractivity contribution in [3.8, 4) is 45.3 Å². The molecule has 1 aliphatic heterocycles. The third-order valence-electron chi connectivity index (χ3n) is 8.51. The van der Waals surface area contributed by atoms with E-state index < -0.39 is 0 Å². The highest BCUT2D eigenvalue weighted by molar-refractivity contribution is 6.13. The van der Waals surface area contributed by atoms with E-state index in [1.807, 2.05) is 18.2 Å². The summed E-state index contributed by atoms with van der Waals surface area (Å²) in [5, 5.41) is 7.83. The minimum Gasteiger partial charge on any atom is -0.456 e. The summed E-state index contributed by atoms with van der Waals surface area (Å²) in [6.45, 7) is 0.802. The monoisotopic (exact) mass is 578 g/mol. The molecule has 0 unspecified atom stereocenters.